The Labute approximate surface area is 46.8 Å². The average Bonchev–Trinajstić information content (AvgIpc) is 1.37. The summed E-state index contributed by atoms with van der Waals surface area (Å²) < 4.78 is 0. The van der Waals surface area contributed by atoms with Crippen LogP contribution < -0.4 is 0 Å². The van der Waals surface area contributed by atoms with Crippen LogP contribution in [0.3, 0.4) is 0 Å². The molecular weight excluding hydrogens is 201 g/mol. The molecule has 0 rings (SSSR count). The Morgan fingerprint density at radius 1 is 1.00 bits per heavy atom. The Kier molecular flexibility index (Phi) is 6.24. The molecule has 0 aromatic carbocycles. The molecule has 0 aromatic heterocycles. The van der Waals surface area contributed by atoms with E-state index in [1.807, 2.05) is 0 Å². The summed E-state index contributed by atoms with van der Waals surface area (Å²) >= 11 is 2.72. The molecule has 4 heavy (non-hydrogen) atoms. The molecule has 0 aliphatic heterocycles. The molecule has 0 amide bonds. The zero-order valence-electron chi connectivity index (χ0n) is 3.41. The first-order valence-corrected chi connectivity index (χ1v) is 26.5. The van der Waals surface area contributed by atoms with Gasteiger partial charge in [0.2, 0.25) is 0 Å². The summed E-state index contributed by atoms with van der Waals surface area (Å²) in [6, 6.07) is 0. The van der Waals surface area contributed by atoms with E-state index in [4.69, 9.17) is 0 Å². The van der Waals surface area contributed by atoms with Gasteiger partial charge in [-0.15, -0.1) is 0 Å². The topological polar surface area (TPSA) is 0 Å². The van der Waals surface area contributed by atoms with Crippen molar-refractivity contribution in [2.24, 2.45) is 0 Å². The van der Waals surface area contributed by atoms with E-state index in [1.165, 1.54) is 31.7 Å². The Bertz CT molecular complexity index is 6.00. The molecule has 0 N–H and O–H groups in total. The van der Waals surface area contributed by atoms with E-state index in [1.54, 1.807) is 0 Å². The van der Waals surface area contributed by atoms with Crippen LogP contribution in [0, 0.1) is 0 Å². The van der Waals surface area contributed by atoms with Gasteiger partial charge in [-0.05, 0) is 0 Å². The quantitative estimate of drug-likeness (QED) is 0.386. The summed E-state index contributed by atoms with van der Waals surface area (Å²) in [5.41, 5.74) is 0. The van der Waals surface area contributed by atoms with Crippen molar-refractivity contribution in [2.45, 2.75) is 0 Å². The molecular formula is H10Ge2Si2. The standard InChI is InChI=1S/Ge2H10Si2/c1-3-4-2/h3-4H2,1-2H3. The monoisotopic (exact) mass is 214 g/mol. The fourth-order valence-electron chi connectivity index (χ4n) is 0. The molecule has 0 aliphatic rings. The molecule has 0 fully saturated rings. The van der Waals surface area contributed by atoms with E-state index >= 15 is 0 Å². The number of hydrogen-bond acceptors (Lipinski definition) is 0. The van der Waals surface area contributed by atoms with Crippen molar-refractivity contribution >= 4 is 46.8 Å². The van der Waals surface area contributed by atoms with E-state index in [9.17, 15) is 0 Å². The third-order valence-corrected chi connectivity index (χ3v) is 121. The first kappa shape index (κ1) is 5.52. The summed E-state index contributed by atoms with van der Waals surface area (Å²) in [6.07, 6.45) is 0. The van der Waals surface area contributed by atoms with Crippen molar-refractivity contribution in [3.63, 3.8) is 0 Å². The van der Waals surface area contributed by atoms with Gasteiger partial charge in [0.25, 0.3) is 0 Å². The Morgan fingerprint density at radius 3 is 1.25 bits per heavy atom. The molecule has 0 unspecified atom stereocenters. The van der Waals surface area contributed by atoms with Gasteiger partial charge in [-0.2, -0.15) is 0 Å². The van der Waals surface area contributed by atoms with Gasteiger partial charge >= 0.3 is 46.8 Å². The van der Waals surface area contributed by atoms with Crippen LogP contribution >= 0.6 is 0 Å². The van der Waals surface area contributed by atoms with Crippen LogP contribution in [0.4, 0.5) is 0 Å². The fraction of sp³-hybridized carbons (Fsp3) is 0. The van der Waals surface area contributed by atoms with Gasteiger partial charge in [0.05, 0.1) is 0 Å². The van der Waals surface area contributed by atoms with Crippen LogP contribution in [0.2, 0.25) is 0 Å². The van der Waals surface area contributed by atoms with E-state index in [-0.39, 0.29) is 0 Å². The predicted molar refractivity (Wildman–Crippen MR) is 37.0 cm³/mol. The van der Waals surface area contributed by atoms with Crippen molar-refractivity contribution < 1.29 is 0 Å². The van der Waals surface area contributed by atoms with Gasteiger partial charge < -0.3 is 0 Å². The summed E-state index contributed by atoms with van der Waals surface area (Å²) in [6.45, 7) is 0. The van der Waals surface area contributed by atoms with Crippen molar-refractivity contribution in [3.8, 4) is 0 Å². The molecule has 0 atom stereocenters. The van der Waals surface area contributed by atoms with Gasteiger partial charge in [-0.1, -0.05) is 0 Å². The second-order valence-corrected chi connectivity index (χ2v) is 46.8. The summed E-state index contributed by atoms with van der Waals surface area (Å²) in [7, 11) is 1.67. The summed E-state index contributed by atoms with van der Waals surface area (Å²) in [5, 5.41) is 0. The first-order chi connectivity index (χ1) is 1.91. The van der Waals surface area contributed by atoms with Gasteiger partial charge in [-0.25, -0.2) is 0 Å². The molecule has 0 aliphatic carbocycles. The summed E-state index contributed by atoms with van der Waals surface area (Å²) in [4.78, 5) is 0. The van der Waals surface area contributed by atoms with Crippen molar-refractivity contribution in [3.05, 3.63) is 0 Å². The van der Waals surface area contributed by atoms with Crippen molar-refractivity contribution in [2.75, 3.05) is 0 Å². The molecule has 26 valence electrons. The van der Waals surface area contributed by atoms with Gasteiger partial charge in [0, 0.05) is 0 Å². The number of hydrogen-bond donors (Lipinski definition) is 0. The van der Waals surface area contributed by atoms with Crippen LogP contribution in [-0.4, -0.2) is 46.8 Å². The molecule has 0 aromatic rings. The van der Waals surface area contributed by atoms with Crippen LogP contribution in [0.5, 0.6) is 0 Å². The second-order valence-electron chi connectivity index (χ2n) is 1.000. The van der Waals surface area contributed by atoms with E-state index in [0.29, 0.717) is 0 Å². The maximum absolute atomic E-state index is 1.36. The molecule has 0 bridgehead atoms. The zero-order valence-corrected chi connectivity index (χ0v) is 14.6. The zero-order chi connectivity index (χ0) is 3.41. The van der Waals surface area contributed by atoms with E-state index in [0.717, 1.165) is 15.1 Å². The minimum absolute atomic E-state index is 0.834. The van der Waals surface area contributed by atoms with E-state index < -0.39 is 0 Å². The molecule has 0 spiro atoms. The second kappa shape index (κ2) is 4.52. The molecule has 0 radical (unpaired) electrons. The first-order valence-electron chi connectivity index (χ1n) is 1.91. The van der Waals surface area contributed by atoms with Crippen LogP contribution in [0.25, 0.3) is 0 Å². The van der Waals surface area contributed by atoms with Gasteiger partial charge in [-0.3, -0.25) is 0 Å². The van der Waals surface area contributed by atoms with Gasteiger partial charge in [0.15, 0.2) is 0 Å². The minimum atomic E-state index is 0.834. The molecule has 0 heterocycles. The van der Waals surface area contributed by atoms with Gasteiger partial charge in [0.1, 0.15) is 0 Å². The normalized spacial score (nSPS) is 15.0. The molecule has 4 heteroatoms. The molecule has 0 nitrogen and oxygen atoms in total. The number of rotatable bonds is 1. The average molecular weight is 211 g/mol. The van der Waals surface area contributed by atoms with Crippen LogP contribution in [0.15, 0.2) is 0 Å². The SMILES string of the molecule is [GeH3][SiH2][SiH2][GeH3]. The van der Waals surface area contributed by atoms with Crippen molar-refractivity contribution in [1.29, 1.82) is 0 Å². The van der Waals surface area contributed by atoms with Crippen molar-refractivity contribution in [1.82, 2.24) is 0 Å². The fourth-order valence-corrected chi connectivity index (χ4v) is 0. The summed E-state index contributed by atoms with van der Waals surface area (Å²) in [5.74, 6) is 0. The maximum atomic E-state index is 1.36. The Hall–Kier alpha value is 1.52. The Morgan fingerprint density at radius 2 is 1.25 bits per heavy atom. The predicted octanol–water partition coefficient (Wildman–Crippen LogP) is -4.20. The van der Waals surface area contributed by atoms with Crippen LogP contribution in [-0.2, 0) is 0 Å². The third-order valence-electron chi connectivity index (χ3n) is 0.500. The van der Waals surface area contributed by atoms with E-state index in [2.05, 4.69) is 0 Å². The third kappa shape index (κ3) is 3.52. The van der Waals surface area contributed by atoms with Crippen LogP contribution in [0.1, 0.15) is 0 Å². The Balaban J connectivity index is 1.97. The molecule has 0 saturated heterocycles. The molecule has 0 saturated carbocycles.